The molecule has 1 aliphatic heterocycles. The van der Waals surface area contributed by atoms with Crippen LogP contribution in [0.2, 0.25) is 0 Å². The minimum Gasteiger partial charge on any atom is -0.350 e. The molecule has 2 heterocycles. The average molecular weight is 278 g/mol. The highest BCUT2D eigenvalue weighted by molar-refractivity contribution is 5.76. The molecule has 2 N–H and O–H groups in total. The summed E-state index contributed by atoms with van der Waals surface area (Å²) in [5.41, 5.74) is 2.16. The molecular formula is C15H26N4O. The van der Waals surface area contributed by atoms with E-state index in [1.165, 1.54) is 5.69 Å². The Kier molecular flexibility index (Phi) is 4.48. The third-order valence-corrected chi connectivity index (χ3v) is 3.36. The zero-order valence-electron chi connectivity index (χ0n) is 13.0. The Balaban J connectivity index is 2.20. The van der Waals surface area contributed by atoms with Crippen LogP contribution in [0.1, 0.15) is 51.3 Å². The van der Waals surface area contributed by atoms with Crippen molar-refractivity contribution in [1.29, 1.82) is 0 Å². The van der Waals surface area contributed by atoms with Gasteiger partial charge in [0.2, 0.25) is 5.91 Å². The zero-order chi connectivity index (χ0) is 14.8. The number of hydrogen-bond acceptors (Lipinski definition) is 3. The van der Waals surface area contributed by atoms with Crippen LogP contribution in [0.3, 0.4) is 0 Å². The van der Waals surface area contributed by atoms with Crippen LogP contribution in [0, 0.1) is 0 Å². The molecule has 0 unspecified atom stereocenters. The Hall–Kier alpha value is -1.36. The smallest absolute Gasteiger partial charge is 0.240 e. The quantitative estimate of drug-likeness (QED) is 0.875. The molecule has 1 aromatic heterocycles. The maximum absolute atomic E-state index is 12.2. The van der Waals surface area contributed by atoms with Crippen LogP contribution < -0.4 is 10.6 Å². The fraction of sp³-hybridized carbons (Fsp3) is 0.733. The SMILES string of the molecule is CCCc1nc2c(n1CC(=O)NC(C)(C)C)CCNC2. The number of carbonyl (C=O) groups is 1. The number of hydrogen-bond donors (Lipinski definition) is 2. The largest absolute Gasteiger partial charge is 0.350 e. The number of imidazole rings is 1. The van der Waals surface area contributed by atoms with Crippen molar-refractivity contribution >= 4 is 5.91 Å². The van der Waals surface area contributed by atoms with Crippen LogP contribution in [0.25, 0.3) is 0 Å². The van der Waals surface area contributed by atoms with E-state index in [0.717, 1.165) is 43.9 Å². The van der Waals surface area contributed by atoms with Gasteiger partial charge in [0.1, 0.15) is 12.4 Å². The fourth-order valence-electron chi connectivity index (χ4n) is 2.63. The van der Waals surface area contributed by atoms with Gasteiger partial charge in [0.25, 0.3) is 0 Å². The van der Waals surface area contributed by atoms with Crippen molar-refractivity contribution < 1.29 is 4.79 Å². The Morgan fingerprint density at radius 2 is 2.20 bits per heavy atom. The topological polar surface area (TPSA) is 59.0 Å². The van der Waals surface area contributed by atoms with E-state index >= 15 is 0 Å². The van der Waals surface area contributed by atoms with Gasteiger partial charge in [-0.15, -0.1) is 0 Å². The first kappa shape index (κ1) is 15.0. The summed E-state index contributed by atoms with van der Waals surface area (Å²) in [6.45, 7) is 10.3. The Morgan fingerprint density at radius 1 is 1.45 bits per heavy atom. The molecule has 0 saturated heterocycles. The molecule has 1 aliphatic rings. The van der Waals surface area contributed by atoms with Crippen molar-refractivity contribution in [2.75, 3.05) is 6.54 Å². The highest BCUT2D eigenvalue weighted by Crippen LogP contribution is 2.17. The molecule has 5 heteroatoms. The third-order valence-electron chi connectivity index (χ3n) is 3.36. The van der Waals surface area contributed by atoms with E-state index in [9.17, 15) is 4.79 Å². The van der Waals surface area contributed by atoms with Crippen LogP contribution in [-0.2, 0) is 30.7 Å². The third kappa shape index (κ3) is 3.60. The fourth-order valence-corrected chi connectivity index (χ4v) is 2.63. The average Bonchev–Trinajstić information content (AvgIpc) is 2.66. The van der Waals surface area contributed by atoms with Gasteiger partial charge >= 0.3 is 0 Å². The maximum atomic E-state index is 12.2. The molecule has 0 aliphatic carbocycles. The van der Waals surface area contributed by atoms with E-state index in [1.807, 2.05) is 20.8 Å². The summed E-state index contributed by atoms with van der Waals surface area (Å²) in [4.78, 5) is 16.9. The normalized spacial score (nSPS) is 15.0. The molecule has 0 bridgehead atoms. The molecule has 112 valence electrons. The first-order valence-electron chi connectivity index (χ1n) is 7.49. The molecule has 0 aromatic carbocycles. The summed E-state index contributed by atoms with van der Waals surface area (Å²) in [5.74, 6) is 1.11. The van der Waals surface area contributed by atoms with Gasteiger partial charge in [0.05, 0.1) is 5.69 Å². The molecule has 1 amide bonds. The van der Waals surface area contributed by atoms with Crippen LogP contribution in [0.15, 0.2) is 0 Å². The van der Waals surface area contributed by atoms with Crippen molar-refractivity contribution in [3.05, 3.63) is 17.2 Å². The molecule has 0 saturated carbocycles. The van der Waals surface area contributed by atoms with Gasteiger partial charge in [0, 0.05) is 37.2 Å². The molecule has 20 heavy (non-hydrogen) atoms. The summed E-state index contributed by atoms with van der Waals surface area (Å²) in [6.07, 6.45) is 2.93. The summed E-state index contributed by atoms with van der Waals surface area (Å²) in [6, 6.07) is 0. The second-order valence-corrected chi connectivity index (χ2v) is 6.48. The number of nitrogens with zero attached hydrogens (tertiary/aromatic N) is 2. The van der Waals surface area contributed by atoms with Gasteiger partial charge in [-0.1, -0.05) is 6.92 Å². The van der Waals surface area contributed by atoms with E-state index < -0.39 is 0 Å². The highest BCUT2D eigenvalue weighted by atomic mass is 16.2. The van der Waals surface area contributed by atoms with Crippen LogP contribution in [0.5, 0.6) is 0 Å². The number of fused-ring (bicyclic) bond motifs is 1. The number of aryl methyl sites for hydroxylation is 1. The molecule has 0 radical (unpaired) electrons. The minimum absolute atomic E-state index is 0.0635. The standard InChI is InChI=1S/C15H26N4O/c1-5-6-13-17-11-9-16-8-7-12(11)19(13)10-14(20)18-15(2,3)4/h16H,5-10H2,1-4H3,(H,18,20). The van der Waals surface area contributed by atoms with E-state index in [4.69, 9.17) is 4.98 Å². The monoisotopic (exact) mass is 278 g/mol. The first-order valence-corrected chi connectivity index (χ1v) is 7.49. The predicted octanol–water partition coefficient (Wildman–Crippen LogP) is 1.40. The number of amides is 1. The molecular weight excluding hydrogens is 252 g/mol. The second kappa shape index (κ2) is 5.95. The van der Waals surface area contributed by atoms with Crippen LogP contribution in [0.4, 0.5) is 0 Å². The van der Waals surface area contributed by atoms with Crippen molar-refractivity contribution in [2.45, 2.75) is 65.6 Å². The summed E-state index contributed by atoms with van der Waals surface area (Å²) in [5, 5.41) is 6.37. The van der Waals surface area contributed by atoms with Crippen molar-refractivity contribution in [2.24, 2.45) is 0 Å². The van der Waals surface area contributed by atoms with Gasteiger partial charge in [-0.3, -0.25) is 4.79 Å². The van der Waals surface area contributed by atoms with Gasteiger partial charge in [-0.05, 0) is 27.2 Å². The lowest BCUT2D eigenvalue weighted by atomic mass is 10.1. The Morgan fingerprint density at radius 3 is 2.85 bits per heavy atom. The summed E-state index contributed by atoms with van der Waals surface area (Å²) < 4.78 is 2.13. The summed E-state index contributed by atoms with van der Waals surface area (Å²) >= 11 is 0. The lowest BCUT2D eigenvalue weighted by molar-refractivity contribution is -0.123. The molecule has 0 spiro atoms. The molecule has 1 aromatic rings. The number of carbonyl (C=O) groups excluding carboxylic acids is 1. The predicted molar refractivity (Wildman–Crippen MR) is 79.5 cm³/mol. The highest BCUT2D eigenvalue weighted by Gasteiger charge is 2.22. The van der Waals surface area contributed by atoms with Crippen molar-refractivity contribution in [3.63, 3.8) is 0 Å². The van der Waals surface area contributed by atoms with Gasteiger partial charge in [-0.2, -0.15) is 0 Å². The number of rotatable bonds is 4. The van der Waals surface area contributed by atoms with Crippen molar-refractivity contribution in [1.82, 2.24) is 20.2 Å². The van der Waals surface area contributed by atoms with Gasteiger partial charge < -0.3 is 15.2 Å². The lowest BCUT2D eigenvalue weighted by Gasteiger charge is -2.22. The summed E-state index contributed by atoms with van der Waals surface area (Å²) in [7, 11) is 0. The van der Waals surface area contributed by atoms with E-state index in [-0.39, 0.29) is 11.4 Å². The Bertz CT molecular complexity index is 485. The van der Waals surface area contributed by atoms with Gasteiger partial charge in [-0.25, -0.2) is 4.98 Å². The lowest BCUT2D eigenvalue weighted by Crippen LogP contribution is -2.42. The number of aromatic nitrogens is 2. The number of nitrogens with one attached hydrogen (secondary N) is 2. The molecule has 0 fully saturated rings. The van der Waals surface area contributed by atoms with E-state index in [1.54, 1.807) is 0 Å². The molecule has 0 atom stereocenters. The van der Waals surface area contributed by atoms with Gasteiger partial charge in [0.15, 0.2) is 0 Å². The zero-order valence-corrected chi connectivity index (χ0v) is 13.0. The van der Waals surface area contributed by atoms with Crippen LogP contribution in [-0.4, -0.2) is 27.5 Å². The van der Waals surface area contributed by atoms with E-state index in [2.05, 4.69) is 22.1 Å². The second-order valence-electron chi connectivity index (χ2n) is 6.48. The molecule has 2 rings (SSSR count). The molecule has 5 nitrogen and oxygen atoms in total. The van der Waals surface area contributed by atoms with E-state index in [0.29, 0.717) is 6.54 Å². The maximum Gasteiger partial charge on any atom is 0.240 e. The first-order chi connectivity index (χ1) is 9.40. The van der Waals surface area contributed by atoms with Crippen LogP contribution >= 0.6 is 0 Å². The Labute approximate surface area is 121 Å². The minimum atomic E-state index is -0.190. The van der Waals surface area contributed by atoms with Crippen molar-refractivity contribution in [3.8, 4) is 0 Å².